The van der Waals surface area contributed by atoms with Crippen LogP contribution in [0.15, 0.2) is 0 Å². The van der Waals surface area contributed by atoms with Gasteiger partial charge in [-0.2, -0.15) is 15.0 Å². The second-order valence-electron chi connectivity index (χ2n) is 1.93. The van der Waals surface area contributed by atoms with Crippen molar-refractivity contribution in [1.82, 2.24) is 20.4 Å². The van der Waals surface area contributed by atoms with Crippen LogP contribution in [0.5, 0.6) is 0 Å². The number of hydrogen-bond donors (Lipinski definition) is 4. The molecule has 1 rings (SSSR count). The van der Waals surface area contributed by atoms with Gasteiger partial charge in [-0.3, -0.25) is 5.43 Å². The van der Waals surface area contributed by atoms with Gasteiger partial charge in [-0.05, 0) is 6.92 Å². The topological polar surface area (TPSA) is 115 Å². The van der Waals surface area contributed by atoms with E-state index in [0.717, 1.165) is 0 Å². The van der Waals surface area contributed by atoms with Gasteiger partial charge in [-0.1, -0.05) is 0 Å². The molecule has 7 heteroatoms. The van der Waals surface area contributed by atoms with E-state index in [1.165, 1.54) is 0 Å². The second kappa shape index (κ2) is 3.67. The molecule has 1 heterocycles. The smallest absolute Gasteiger partial charge is 0.243 e. The third-order valence-electron chi connectivity index (χ3n) is 0.995. The molecule has 0 atom stereocenters. The predicted molar refractivity (Wildman–Crippen MR) is 45.6 cm³/mol. The number of nitrogens with two attached hydrogens (primary N) is 2. The maximum absolute atomic E-state index is 5.31. The molecule has 12 heavy (non-hydrogen) atoms. The van der Waals surface area contributed by atoms with Gasteiger partial charge in [0, 0.05) is 6.54 Å². The normalized spacial score (nSPS) is 9.75. The number of hydrogen-bond acceptors (Lipinski definition) is 7. The van der Waals surface area contributed by atoms with Gasteiger partial charge >= 0.3 is 0 Å². The lowest BCUT2D eigenvalue weighted by molar-refractivity contribution is 0.862. The quantitative estimate of drug-likeness (QED) is 0.418. The summed E-state index contributed by atoms with van der Waals surface area (Å²) in [6.07, 6.45) is 0. The minimum atomic E-state index is 0.0795. The number of nitrogen functional groups attached to an aromatic ring is 2. The Morgan fingerprint density at radius 3 is 2.25 bits per heavy atom. The van der Waals surface area contributed by atoms with Crippen molar-refractivity contribution < 1.29 is 0 Å². The fourth-order valence-corrected chi connectivity index (χ4v) is 0.607. The minimum absolute atomic E-state index is 0.0795. The van der Waals surface area contributed by atoms with E-state index in [1.807, 2.05) is 0 Å². The molecule has 1 radical (unpaired) electrons. The van der Waals surface area contributed by atoms with Crippen molar-refractivity contribution in [3.63, 3.8) is 0 Å². The zero-order chi connectivity index (χ0) is 8.97. The number of rotatable bonds is 3. The van der Waals surface area contributed by atoms with Crippen molar-refractivity contribution in [3.8, 4) is 0 Å². The van der Waals surface area contributed by atoms with Gasteiger partial charge in [0.1, 0.15) is 0 Å². The molecule has 0 aliphatic heterocycles. The molecule has 0 amide bonds. The van der Waals surface area contributed by atoms with E-state index >= 15 is 0 Å². The third-order valence-corrected chi connectivity index (χ3v) is 0.995. The Bertz CT molecular complexity index is 240. The summed E-state index contributed by atoms with van der Waals surface area (Å²) < 4.78 is 0. The van der Waals surface area contributed by atoms with E-state index in [4.69, 9.17) is 11.5 Å². The Balaban J connectivity index is 2.72. The summed E-state index contributed by atoms with van der Waals surface area (Å²) in [5.41, 5.74) is 15.9. The highest BCUT2D eigenvalue weighted by atomic mass is 15.4. The van der Waals surface area contributed by atoms with E-state index in [9.17, 15) is 0 Å². The molecule has 0 unspecified atom stereocenters. The fraction of sp³-hybridized carbons (Fsp3) is 0.200. The molecule has 0 aliphatic rings. The Labute approximate surface area is 69.6 Å². The van der Waals surface area contributed by atoms with E-state index < -0.39 is 0 Å². The van der Waals surface area contributed by atoms with Crippen molar-refractivity contribution in [2.45, 2.75) is 0 Å². The molecule has 65 valence electrons. The number of nitrogens with zero attached hydrogens (tertiary/aromatic N) is 3. The van der Waals surface area contributed by atoms with Crippen molar-refractivity contribution in [3.05, 3.63) is 6.92 Å². The molecular weight excluding hydrogens is 158 g/mol. The summed E-state index contributed by atoms with van der Waals surface area (Å²) in [5.74, 6) is 0.440. The van der Waals surface area contributed by atoms with Crippen LogP contribution in [-0.4, -0.2) is 21.5 Å². The standard InChI is InChI=1S/C5H10N7/c1-2-8-12-5-10-3(6)9-4(7)11-5/h8H,1-2H2,(H5,6,7,9,10,11,12). The van der Waals surface area contributed by atoms with Crippen molar-refractivity contribution in [2.75, 3.05) is 23.4 Å². The molecule has 7 nitrogen and oxygen atoms in total. The summed E-state index contributed by atoms with van der Waals surface area (Å²) in [6, 6.07) is 0. The largest absolute Gasteiger partial charge is 0.368 e. The summed E-state index contributed by atoms with van der Waals surface area (Å²) in [4.78, 5) is 11.1. The van der Waals surface area contributed by atoms with E-state index in [2.05, 4.69) is 32.7 Å². The van der Waals surface area contributed by atoms with Gasteiger partial charge in [0.05, 0.1) is 0 Å². The molecule has 6 N–H and O–H groups in total. The predicted octanol–water partition coefficient (Wildman–Crippen LogP) is -1.21. The minimum Gasteiger partial charge on any atom is -0.368 e. The summed E-state index contributed by atoms with van der Waals surface area (Å²) in [6.45, 7) is 4.03. The summed E-state index contributed by atoms with van der Waals surface area (Å²) in [7, 11) is 0. The van der Waals surface area contributed by atoms with Crippen molar-refractivity contribution in [2.24, 2.45) is 0 Å². The molecular formula is C5H10N7. The zero-order valence-corrected chi connectivity index (χ0v) is 6.41. The number of hydrazine groups is 1. The van der Waals surface area contributed by atoms with Crippen LogP contribution in [0.3, 0.4) is 0 Å². The van der Waals surface area contributed by atoms with Gasteiger partial charge in [-0.25, -0.2) is 5.43 Å². The van der Waals surface area contributed by atoms with Crippen LogP contribution < -0.4 is 22.3 Å². The van der Waals surface area contributed by atoms with Crippen LogP contribution in [0.4, 0.5) is 17.8 Å². The fourth-order valence-electron chi connectivity index (χ4n) is 0.607. The maximum atomic E-state index is 5.31. The molecule has 0 bridgehead atoms. The number of anilines is 3. The molecule has 0 aromatic carbocycles. The van der Waals surface area contributed by atoms with E-state index in [1.54, 1.807) is 0 Å². The zero-order valence-electron chi connectivity index (χ0n) is 6.41. The highest BCUT2D eigenvalue weighted by molar-refractivity contribution is 5.36. The van der Waals surface area contributed by atoms with Crippen LogP contribution in [-0.2, 0) is 0 Å². The molecule has 0 aliphatic carbocycles. The Kier molecular flexibility index (Phi) is 2.59. The molecule has 0 spiro atoms. The monoisotopic (exact) mass is 168 g/mol. The molecule has 0 fully saturated rings. The lowest BCUT2D eigenvalue weighted by Crippen LogP contribution is -2.23. The SMILES string of the molecule is [CH2]CNNc1nc(N)nc(N)n1. The van der Waals surface area contributed by atoms with Crippen molar-refractivity contribution >= 4 is 17.8 Å². The van der Waals surface area contributed by atoms with Crippen LogP contribution >= 0.6 is 0 Å². The van der Waals surface area contributed by atoms with E-state index in [0.29, 0.717) is 6.54 Å². The van der Waals surface area contributed by atoms with Crippen LogP contribution in [0.2, 0.25) is 0 Å². The summed E-state index contributed by atoms with van der Waals surface area (Å²) in [5, 5.41) is 0. The first kappa shape index (κ1) is 8.47. The lowest BCUT2D eigenvalue weighted by atomic mass is 10.8. The maximum Gasteiger partial charge on any atom is 0.243 e. The second-order valence-corrected chi connectivity index (χ2v) is 1.93. The lowest BCUT2D eigenvalue weighted by Gasteiger charge is -2.04. The van der Waals surface area contributed by atoms with Gasteiger partial charge < -0.3 is 11.5 Å². The van der Waals surface area contributed by atoms with Crippen molar-refractivity contribution in [1.29, 1.82) is 0 Å². The first-order valence-corrected chi connectivity index (χ1v) is 3.27. The highest BCUT2D eigenvalue weighted by Crippen LogP contribution is 2.01. The molecule has 0 saturated carbocycles. The Morgan fingerprint density at radius 2 is 1.75 bits per heavy atom. The van der Waals surface area contributed by atoms with Crippen LogP contribution in [0, 0.1) is 6.92 Å². The number of nitrogens with one attached hydrogen (secondary N) is 2. The average molecular weight is 168 g/mol. The van der Waals surface area contributed by atoms with Gasteiger partial charge in [-0.15, -0.1) is 0 Å². The first-order valence-electron chi connectivity index (χ1n) is 3.27. The molecule has 1 aromatic rings. The Morgan fingerprint density at radius 1 is 1.17 bits per heavy atom. The first-order chi connectivity index (χ1) is 5.72. The number of aromatic nitrogens is 3. The molecule has 0 saturated heterocycles. The average Bonchev–Trinajstić information content (AvgIpc) is 1.99. The molecule has 1 aromatic heterocycles. The third kappa shape index (κ3) is 2.20. The summed E-state index contributed by atoms with van der Waals surface area (Å²) >= 11 is 0. The van der Waals surface area contributed by atoms with Gasteiger partial charge in [0.15, 0.2) is 0 Å². The Hall–Kier alpha value is -1.63. The highest BCUT2D eigenvalue weighted by Gasteiger charge is 1.98. The van der Waals surface area contributed by atoms with Crippen LogP contribution in [0.25, 0.3) is 0 Å². The van der Waals surface area contributed by atoms with Gasteiger partial charge in [0.2, 0.25) is 17.8 Å². The van der Waals surface area contributed by atoms with Gasteiger partial charge in [0.25, 0.3) is 0 Å². The van der Waals surface area contributed by atoms with E-state index in [-0.39, 0.29) is 17.8 Å². The van der Waals surface area contributed by atoms with Crippen LogP contribution in [0.1, 0.15) is 0 Å².